The molecule has 0 bridgehead atoms. The normalized spacial score (nSPS) is 11.1. The van der Waals surface area contributed by atoms with Crippen LogP contribution < -0.4 is 0 Å². The van der Waals surface area contributed by atoms with Crippen molar-refractivity contribution < 1.29 is 13.2 Å². The zero-order valence-corrected chi connectivity index (χ0v) is 9.44. The molecule has 2 rings (SSSR count). The highest BCUT2D eigenvalue weighted by Crippen LogP contribution is 2.31. The Hall–Kier alpha value is -1.45. The van der Waals surface area contributed by atoms with Crippen LogP contribution in [-0.2, 0) is 6.18 Å². The SMILES string of the molecule is CC.Cc1cc2cc(C(F)(F)F)ccc2[nH]1. The number of halogens is 3. The van der Waals surface area contributed by atoms with Gasteiger partial charge >= 0.3 is 6.18 Å². The van der Waals surface area contributed by atoms with E-state index in [4.69, 9.17) is 0 Å². The van der Waals surface area contributed by atoms with Gasteiger partial charge in [0.2, 0.25) is 0 Å². The summed E-state index contributed by atoms with van der Waals surface area (Å²) in [5.74, 6) is 0. The highest BCUT2D eigenvalue weighted by atomic mass is 19.4. The fourth-order valence-electron chi connectivity index (χ4n) is 1.45. The Labute approximate surface area is 92.3 Å². The van der Waals surface area contributed by atoms with Gasteiger partial charge in [0.25, 0.3) is 0 Å². The van der Waals surface area contributed by atoms with Gasteiger partial charge in [0.1, 0.15) is 0 Å². The minimum absolute atomic E-state index is 0.595. The molecule has 0 radical (unpaired) electrons. The first kappa shape index (κ1) is 12.6. The number of benzene rings is 1. The number of hydrogen-bond acceptors (Lipinski definition) is 0. The lowest BCUT2D eigenvalue weighted by atomic mass is 10.1. The lowest BCUT2D eigenvalue weighted by Gasteiger charge is -2.05. The van der Waals surface area contributed by atoms with Crippen molar-refractivity contribution in [3.05, 3.63) is 35.5 Å². The maximum absolute atomic E-state index is 12.3. The average Bonchev–Trinajstić information content (AvgIpc) is 2.58. The molecule has 1 N–H and O–H groups in total. The molecule has 1 heterocycles. The van der Waals surface area contributed by atoms with Crippen LogP contribution in [-0.4, -0.2) is 4.98 Å². The van der Waals surface area contributed by atoms with E-state index in [9.17, 15) is 13.2 Å². The second-order valence-electron chi connectivity index (χ2n) is 3.25. The van der Waals surface area contributed by atoms with Gasteiger partial charge in [0, 0.05) is 16.6 Å². The molecule has 88 valence electrons. The zero-order valence-electron chi connectivity index (χ0n) is 9.44. The van der Waals surface area contributed by atoms with E-state index < -0.39 is 11.7 Å². The number of aryl methyl sites for hydroxylation is 1. The largest absolute Gasteiger partial charge is 0.416 e. The van der Waals surface area contributed by atoms with Gasteiger partial charge in [-0.05, 0) is 31.2 Å². The quantitative estimate of drug-likeness (QED) is 0.683. The smallest absolute Gasteiger partial charge is 0.359 e. The summed E-state index contributed by atoms with van der Waals surface area (Å²) in [6.07, 6.45) is -4.26. The maximum atomic E-state index is 12.3. The molecule has 0 atom stereocenters. The third-order valence-electron chi connectivity index (χ3n) is 2.08. The molecule has 1 nitrogen and oxygen atoms in total. The lowest BCUT2D eigenvalue weighted by Crippen LogP contribution is -2.03. The first-order chi connectivity index (χ1) is 7.47. The molecule has 0 saturated carbocycles. The van der Waals surface area contributed by atoms with Crippen LogP contribution in [0.4, 0.5) is 13.2 Å². The summed E-state index contributed by atoms with van der Waals surface area (Å²) in [5.41, 5.74) is 0.985. The van der Waals surface area contributed by atoms with Gasteiger partial charge < -0.3 is 4.98 Å². The maximum Gasteiger partial charge on any atom is 0.416 e. The van der Waals surface area contributed by atoms with Gasteiger partial charge in [-0.1, -0.05) is 13.8 Å². The third kappa shape index (κ3) is 2.56. The van der Waals surface area contributed by atoms with Crippen molar-refractivity contribution in [2.75, 3.05) is 0 Å². The highest BCUT2D eigenvalue weighted by molar-refractivity contribution is 5.81. The number of nitrogens with one attached hydrogen (secondary N) is 1. The van der Waals surface area contributed by atoms with Gasteiger partial charge in [-0.15, -0.1) is 0 Å². The van der Waals surface area contributed by atoms with Crippen LogP contribution in [0.5, 0.6) is 0 Å². The summed E-state index contributed by atoms with van der Waals surface area (Å²) in [4.78, 5) is 2.97. The van der Waals surface area contributed by atoms with E-state index in [0.717, 1.165) is 23.3 Å². The fourth-order valence-corrected chi connectivity index (χ4v) is 1.45. The van der Waals surface area contributed by atoms with Crippen molar-refractivity contribution >= 4 is 10.9 Å². The molecule has 0 amide bonds. The second-order valence-corrected chi connectivity index (χ2v) is 3.25. The van der Waals surface area contributed by atoms with E-state index in [1.165, 1.54) is 6.07 Å². The molecule has 2 aromatic rings. The number of hydrogen-bond donors (Lipinski definition) is 1. The first-order valence-corrected chi connectivity index (χ1v) is 5.13. The first-order valence-electron chi connectivity index (χ1n) is 5.13. The molecule has 0 aliphatic rings. The van der Waals surface area contributed by atoms with Crippen molar-refractivity contribution in [2.24, 2.45) is 0 Å². The summed E-state index contributed by atoms with van der Waals surface area (Å²) in [7, 11) is 0. The number of alkyl halides is 3. The molecule has 0 saturated heterocycles. The topological polar surface area (TPSA) is 15.8 Å². The summed E-state index contributed by atoms with van der Waals surface area (Å²) in [6, 6.07) is 5.38. The predicted molar refractivity (Wildman–Crippen MR) is 59.4 cm³/mol. The molecule has 0 aliphatic carbocycles. The van der Waals surface area contributed by atoms with Crippen molar-refractivity contribution in [3.63, 3.8) is 0 Å². The van der Waals surface area contributed by atoms with Crippen molar-refractivity contribution in [3.8, 4) is 0 Å². The van der Waals surface area contributed by atoms with Crippen LogP contribution in [0.2, 0.25) is 0 Å². The van der Waals surface area contributed by atoms with E-state index in [1.807, 2.05) is 20.8 Å². The third-order valence-corrected chi connectivity index (χ3v) is 2.08. The standard InChI is InChI=1S/C10H8F3N.C2H6/c1-6-4-7-5-8(10(11,12)13)2-3-9(7)14-6;1-2/h2-5,14H,1H3;1-2H3. The van der Waals surface area contributed by atoms with Crippen LogP contribution in [0.1, 0.15) is 25.1 Å². The van der Waals surface area contributed by atoms with Gasteiger partial charge in [0.15, 0.2) is 0 Å². The van der Waals surface area contributed by atoms with E-state index in [0.29, 0.717) is 5.39 Å². The van der Waals surface area contributed by atoms with Gasteiger partial charge in [-0.2, -0.15) is 13.2 Å². The number of H-pyrrole nitrogens is 1. The monoisotopic (exact) mass is 229 g/mol. The molecule has 0 fully saturated rings. The number of fused-ring (bicyclic) bond motifs is 1. The Morgan fingerprint density at radius 3 is 2.25 bits per heavy atom. The van der Waals surface area contributed by atoms with E-state index in [-0.39, 0.29) is 0 Å². The van der Waals surface area contributed by atoms with Crippen LogP contribution >= 0.6 is 0 Å². The van der Waals surface area contributed by atoms with Gasteiger partial charge in [-0.25, -0.2) is 0 Å². The molecule has 0 spiro atoms. The summed E-state index contributed by atoms with van der Waals surface area (Å²) < 4.78 is 36.9. The molecular formula is C12H14F3N. The second kappa shape index (κ2) is 4.60. The summed E-state index contributed by atoms with van der Waals surface area (Å²) >= 11 is 0. The Morgan fingerprint density at radius 1 is 1.06 bits per heavy atom. The molecule has 1 aromatic heterocycles. The molecule has 1 aromatic carbocycles. The Bertz CT molecular complexity index is 469. The summed E-state index contributed by atoms with van der Waals surface area (Å²) in [6.45, 7) is 5.81. The van der Waals surface area contributed by atoms with E-state index in [1.54, 1.807) is 6.07 Å². The van der Waals surface area contributed by atoms with Crippen molar-refractivity contribution in [1.82, 2.24) is 4.98 Å². The molecule has 0 aliphatic heterocycles. The Balaban J connectivity index is 0.000000606. The highest BCUT2D eigenvalue weighted by Gasteiger charge is 2.30. The number of aromatic amines is 1. The number of aromatic nitrogens is 1. The minimum atomic E-state index is -4.26. The van der Waals surface area contributed by atoms with Crippen LogP contribution in [0.3, 0.4) is 0 Å². The predicted octanol–water partition coefficient (Wildman–Crippen LogP) is 4.52. The van der Waals surface area contributed by atoms with Crippen LogP contribution in [0.15, 0.2) is 24.3 Å². The van der Waals surface area contributed by atoms with E-state index >= 15 is 0 Å². The number of rotatable bonds is 0. The van der Waals surface area contributed by atoms with Gasteiger partial charge in [0.05, 0.1) is 5.56 Å². The molecule has 4 heteroatoms. The van der Waals surface area contributed by atoms with Crippen LogP contribution in [0.25, 0.3) is 10.9 Å². The average molecular weight is 229 g/mol. The molecule has 16 heavy (non-hydrogen) atoms. The Kier molecular flexibility index (Phi) is 3.62. The van der Waals surface area contributed by atoms with E-state index in [2.05, 4.69) is 4.98 Å². The van der Waals surface area contributed by atoms with Crippen molar-refractivity contribution in [2.45, 2.75) is 26.9 Å². The van der Waals surface area contributed by atoms with Gasteiger partial charge in [-0.3, -0.25) is 0 Å². The zero-order chi connectivity index (χ0) is 12.3. The molecule has 0 unspecified atom stereocenters. The van der Waals surface area contributed by atoms with Crippen molar-refractivity contribution in [1.29, 1.82) is 0 Å². The Morgan fingerprint density at radius 2 is 1.69 bits per heavy atom. The molecular weight excluding hydrogens is 215 g/mol. The fraction of sp³-hybridized carbons (Fsp3) is 0.333. The van der Waals surface area contributed by atoms with Crippen LogP contribution in [0, 0.1) is 6.92 Å². The lowest BCUT2D eigenvalue weighted by molar-refractivity contribution is -0.137. The summed E-state index contributed by atoms with van der Waals surface area (Å²) in [5, 5.41) is 0.595. The minimum Gasteiger partial charge on any atom is -0.359 e.